The molecular weight excluding hydrogens is 368 g/mol. The Kier molecular flexibility index (Phi) is 5.44. The average Bonchev–Trinajstić information content (AvgIpc) is 3.47. The first-order chi connectivity index (χ1) is 13.6. The molecule has 5 heteroatoms. The van der Waals surface area contributed by atoms with Crippen LogP contribution in [0.4, 0.5) is 0 Å². The summed E-state index contributed by atoms with van der Waals surface area (Å²) in [4.78, 5) is 19.5. The van der Waals surface area contributed by atoms with Gasteiger partial charge in [-0.1, -0.05) is 36.4 Å². The molecule has 0 saturated heterocycles. The normalized spacial score (nSPS) is 13.4. The smallest absolute Gasteiger partial charge is 0.227 e. The molecule has 3 aromatic rings. The van der Waals surface area contributed by atoms with E-state index in [2.05, 4.69) is 22.5 Å². The van der Waals surface area contributed by atoms with Crippen LogP contribution in [0.15, 0.2) is 53.9 Å². The molecule has 1 amide bonds. The molecule has 28 heavy (non-hydrogen) atoms. The van der Waals surface area contributed by atoms with E-state index in [0.717, 1.165) is 46.0 Å². The Morgan fingerprint density at radius 2 is 1.79 bits per heavy atom. The predicted molar refractivity (Wildman–Crippen MR) is 113 cm³/mol. The highest BCUT2D eigenvalue weighted by molar-refractivity contribution is 7.09. The van der Waals surface area contributed by atoms with Crippen LogP contribution in [0.2, 0.25) is 0 Å². The Bertz CT molecular complexity index is 943. The first-order valence-corrected chi connectivity index (χ1v) is 10.4. The summed E-state index contributed by atoms with van der Waals surface area (Å²) in [6, 6.07) is 16.5. The van der Waals surface area contributed by atoms with Crippen LogP contribution in [0.3, 0.4) is 0 Å². The summed E-state index contributed by atoms with van der Waals surface area (Å²) in [5, 5.41) is 3.13. The van der Waals surface area contributed by atoms with E-state index in [9.17, 15) is 4.79 Å². The summed E-state index contributed by atoms with van der Waals surface area (Å²) in [6.45, 7) is 2.67. The summed E-state index contributed by atoms with van der Waals surface area (Å²) in [7, 11) is 1.66. The van der Waals surface area contributed by atoms with Gasteiger partial charge in [0.15, 0.2) is 0 Å². The lowest BCUT2D eigenvalue weighted by molar-refractivity contribution is -0.131. The number of benzene rings is 2. The largest absolute Gasteiger partial charge is 0.497 e. The molecule has 0 unspecified atom stereocenters. The topological polar surface area (TPSA) is 42.4 Å². The molecule has 0 N–H and O–H groups in total. The van der Waals surface area contributed by atoms with Crippen LogP contribution in [0.1, 0.15) is 29.0 Å². The molecule has 4 rings (SSSR count). The zero-order chi connectivity index (χ0) is 19.5. The summed E-state index contributed by atoms with van der Waals surface area (Å²) >= 11 is 1.65. The second-order valence-electron chi connectivity index (χ2n) is 7.23. The standard InChI is InChI=1S/C23H24N2O2S/c1-16-24-22(15-28-16)19-7-3-17(4-8-19)13-23(26)25(20-9-10-20)14-18-5-11-21(27-2)12-6-18/h3-8,11-12,15,20H,9-10,13-14H2,1-2H3. The maximum absolute atomic E-state index is 13.0. The maximum atomic E-state index is 13.0. The van der Waals surface area contributed by atoms with Gasteiger partial charge in [0.25, 0.3) is 0 Å². The lowest BCUT2D eigenvalue weighted by Gasteiger charge is -2.23. The quantitative estimate of drug-likeness (QED) is 0.577. The Hall–Kier alpha value is -2.66. The first kappa shape index (κ1) is 18.7. The Morgan fingerprint density at radius 1 is 1.11 bits per heavy atom. The van der Waals surface area contributed by atoms with Crippen LogP contribution in [0, 0.1) is 6.92 Å². The fraction of sp³-hybridized carbons (Fsp3) is 0.304. The van der Waals surface area contributed by atoms with Crippen molar-refractivity contribution in [1.82, 2.24) is 9.88 Å². The van der Waals surface area contributed by atoms with Crippen LogP contribution >= 0.6 is 11.3 Å². The fourth-order valence-corrected chi connectivity index (χ4v) is 3.92. The molecule has 0 spiro atoms. The average molecular weight is 393 g/mol. The van der Waals surface area contributed by atoms with Crippen molar-refractivity contribution in [1.29, 1.82) is 0 Å². The third-order valence-corrected chi connectivity index (χ3v) is 5.82. The number of carbonyl (C=O) groups excluding carboxylic acids is 1. The van der Waals surface area contributed by atoms with Gasteiger partial charge < -0.3 is 9.64 Å². The van der Waals surface area contributed by atoms with E-state index in [4.69, 9.17) is 4.74 Å². The van der Waals surface area contributed by atoms with E-state index < -0.39 is 0 Å². The minimum Gasteiger partial charge on any atom is -0.497 e. The summed E-state index contributed by atoms with van der Waals surface area (Å²) in [5.41, 5.74) is 4.27. The lowest BCUT2D eigenvalue weighted by atomic mass is 10.1. The highest BCUT2D eigenvalue weighted by Crippen LogP contribution is 2.30. The third-order valence-electron chi connectivity index (χ3n) is 5.04. The van der Waals surface area contributed by atoms with Gasteiger partial charge in [0.05, 0.1) is 24.2 Å². The summed E-state index contributed by atoms with van der Waals surface area (Å²) < 4.78 is 5.22. The number of thiazole rings is 1. The highest BCUT2D eigenvalue weighted by atomic mass is 32.1. The molecule has 4 nitrogen and oxygen atoms in total. The number of aryl methyl sites for hydroxylation is 1. The van der Waals surface area contributed by atoms with Gasteiger partial charge in [0.1, 0.15) is 5.75 Å². The Labute approximate surface area is 169 Å². The third kappa shape index (κ3) is 4.42. The van der Waals surface area contributed by atoms with Gasteiger partial charge >= 0.3 is 0 Å². The molecule has 1 aliphatic rings. The summed E-state index contributed by atoms with van der Waals surface area (Å²) in [6.07, 6.45) is 2.64. The number of methoxy groups -OCH3 is 1. The Morgan fingerprint density at radius 3 is 2.36 bits per heavy atom. The van der Waals surface area contributed by atoms with E-state index in [0.29, 0.717) is 19.0 Å². The molecular formula is C23H24N2O2S. The number of amides is 1. The molecule has 1 aliphatic carbocycles. The highest BCUT2D eigenvalue weighted by Gasteiger charge is 2.32. The molecule has 0 aliphatic heterocycles. The first-order valence-electron chi connectivity index (χ1n) is 9.56. The SMILES string of the molecule is COc1ccc(CN(C(=O)Cc2ccc(-c3csc(C)n3)cc2)C2CC2)cc1. The molecule has 144 valence electrons. The zero-order valence-corrected chi connectivity index (χ0v) is 17.0. The van der Waals surface area contributed by atoms with Crippen molar-refractivity contribution < 1.29 is 9.53 Å². The number of rotatable bonds is 7. The van der Waals surface area contributed by atoms with Crippen molar-refractivity contribution in [3.63, 3.8) is 0 Å². The van der Waals surface area contributed by atoms with Crippen molar-refractivity contribution in [3.8, 4) is 17.0 Å². The van der Waals surface area contributed by atoms with Gasteiger partial charge in [-0.3, -0.25) is 4.79 Å². The number of ether oxygens (including phenoxy) is 1. The molecule has 0 radical (unpaired) electrons. The van der Waals surface area contributed by atoms with Crippen molar-refractivity contribution in [2.45, 2.75) is 38.8 Å². The number of aromatic nitrogens is 1. The molecule has 2 aromatic carbocycles. The van der Waals surface area contributed by atoms with E-state index in [-0.39, 0.29) is 5.91 Å². The van der Waals surface area contributed by atoms with Crippen LogP contribution in [-0.4, -0.2) is 28.9 Å². The number of hydrogen-bond acceptors (Lipinski definition) is 4. The fourth-order valence-electron chi connectivity index (χ4n) is 3.30. The van der Waals surface area contributed by atoms with Gasteiger partial charge in [-0.25, -0.2) is 4.98 Å². The molecule has 0 bridgehead atoms. The zero-order valence-electron chi connectivity index (χ0n) is 16.2. The van der Waals surface area contributed by atoms with Gasteiger partial charge in [-0.05, 0) is 43.0 Å². The molecule has 1 fully saturated rings. The van der Waals surface area contributed by atoms with E-state index >= 15 is 0 Å². The van der Waals surface area contributed by atoms with Crippen LogP contribution in [0.25, 0.3) is 11.3 Å². The van der Waals surface area contributed by atoms with Crippen molar-refractivity contribution in [2.24, 2.45) is 0 Å². The second-order valence-corrected chi connectivity index (χ2v) is 8.29. The minimum atomic E-state index is 0.190. The Balaban J connectivity index is 1.42. The van der Waals surface area contributed by atoms with Crippen LogP contribution in [-0.2, 0) is 17.8 Å². The molecule has 1 saturated carbocycles. The number of nitrogens with zero attached hydrogens (tertiary/aromatic N) is 2. The molecule has 1 aromatic heterocycles. The van der Waals surface area contributed by atoms with E-state index in [1.807, 2.05) is 48.2 Å². The minimum absolute atomic E-state index is 0.190. The van der Waals surface area contributed by atoms with Gasteiger partial charge in [0.2, 0.25) is 5.91 Å². The van der Waals surface area contributed by atoms with Crippen molar-refractivity contribution in [2.75, 3.05) is 7.11 Å². The lowest BCUT2D eigenvalue weighted by Crippen LogP contribution is -2.33. The van der Waals surface area contributed by atoms with Gasteiger partial charge in [-0.2, -0.15) is 0 Å². The maximum Gasteiger partial charge on any atom is 0.227 e. The number of carbonyl (C=O) groups is 1. The van der Waals surface area contributed by atoms with Gasteiger partial charge in [0, 0.05) is 23.5 Å². The van der Waals surface area contributed by atoms with E-state index in [1.165, 1.54) is 0 Å². The van der Waals surface area contributed by atoms with Crippen molar-refractivity contribution >= 4 is 17.2 Å². The molecule has 1 heterocycles. The van der Waals surface area contributed by atoms with Crippen LogP contribution < -0.4 is 4.74 Å². The summed E-state index contributed by atoms with van der Waals surface area (Å²) in [5.74, 6) is 1.03. The van der Waals surface area contributed by atoms with Crippen LogP contribution in [0.5, 0.6) is 5.75 Å². The second kappa shape index (κ2) is 8.15. The van der Waals surface area contributed by atoms with E-state index in [1.54, 1.807) is 18.4 Å². The van der Waals surface area contributed by atoms with Crippen molar-refractivity contribution in [3.05, 3.63) is 70.0 Å². The number of hydrogen-bond donors (Lipinski definition) is 0. The monoisotopic (exact) mass is 392 g/mol. The predicted octanol–water partition coefficient (Wildman–Crippen LogP) is 4.86. The van der Waals surface area contributed by atoms with Gasteiger partial charge in [-0.15, -0.1) is 11.3 Å². The molecule has 0 atom stereocenters.